The van der Waals surface area contributed by atoms with Gasteiger partial charge in [0.2, 0.25) is 5.91 Å². The Balaban J connectivity index is 1.41. The molecule has 3 fully saturated rings. The Labute approximate surface area is 159 Å². The van der Waals surface area contributed by atoms with E-state index in [0.29, 0.717) is 15.3 Å². The monoisotopic (exact) mass is 437 g/mol. The van der Waals surface area contributed by atoms with Crippen molar-refractivity contribution in [2.45, 2.75) is 17.4 Å². The molecule has 1 saturated heterocycles. The Morgan fingerprint density at radius 1 is 1.42 bits per heavy atom. The Kier molecular flexibility index (Phi) is 3.39. The second-order valence-electron chi connectivity index (χ2n) is 6.88. The SMILES string of the molecule is O=C(Nc1nc2ccc([N+](=O)[O-])cc2s1)[C@@H]1[C@H]2C[C@H]3[C@H](OC(=O)[C@H]31)[C@@H]2Br. The van der Waals surface area contributed by atoms with Crippen molar-refractivity contribution in [1.29, 1.82) is 0 Å². The summed E-state index contributed by atoms with van der Waals surface area (Å²) in [5.74, 6) is -1.17. The zero-order chi connectivity index (χ0) is 18.2. The van der Waals surface area contributed by atoms with Crippen LogP contribution in [-0.2, 0) is 14.3 Å². The van der Waals surface area contributed by atoms with Crippen LogP contribution in [0.4, 0.5) is 10.8 Å². The highest BCUT2D eigenvalue weighted by molar-refractivity contribution is 9.09. The zero-order valence-electron chi connectivity index (χ0n) is 13.1. The number of esters is 1. The summed E-state index contributed by atoms with van der Waals surface area (Å²) in [5, 5.41) is 14.1. The molecule has 1 aliphatic heterocycles. The van der Waals surface area contributed by atoms with Gasteiger partial charge in [-0.1, -0.05) is 27.3 Å². The van der Waals surface area contributed by atoms with Crippen LogP contribution in [0.1, 0.15) is 6.42 Å². The Morgan fingerprint density at radius 3 is 3.00 bits per heavy atom. The fourth-order valence-electron chi connectivity index (χ4n) is 4.60. The van der Waals surface area contributed by atoms with Gasteiger partial charge >= 0.3 is 5.97 Å². The Morgan fingerprint density at radius 2 is 2.23 bits per heavy atom. The fourth-order valence-corrected chi connectivity index (χ4v) is 6.55. The van der Waals surface area contributed by atoms with Crippen molar-refractivity contribution >= 4 is 60.2 Å². The number of aromatic nitrogens is 1. The molecule has 1 aromatic heterocycles. The van der Waals surface area contributed by atoms with Gasteiger partial charge in [0.1, 0.15) is 6.10 Å². The summed E-state index contributed by atoms with van der Waals surface area (Å²) in [6.45, 7) is 0. The number of alkyl halides is 1. The van der Waals surface area contributed by atoms with Crippen molar-refractivity contribution in [1.82, 2.24) is 4.98 Å². The Bertz CT molecular complexity index is 978. The van der Waals surface area contributed by atoms with E-state index in [-0.39, 0.29) is 46.2 Å². The van der Waals surface area contributed by atoms with E-state index in [9.17, 15) is 19.7 Å². The number of ether oxygens (including phenoxy) is 1. The largest absolute Gasteiger partial charge is 0.461 e. The standard InChI is InChI=1S/C16H12BrN3O5S/c17-12-6-4-7-11(15(22)25-13(7)12)10(6)14(21)19-16-18-8-2-1-5(20(23)24)3-9(8)26-16/h1-3,6-7,10-13H,4H2,(H,18,19,21)/t6-,7-,10-,11-,12-,13+/m1/s1. The lowest BCUT2D eigenvalue weighted by Gasteiger charge is -2.27. The molecule has 1 aromatic carbocycles. The summed E-state index contributed by atoms with van der Waals surface area (Å²) < 4.78 is 6.05. The molecule has 6 atom stereocenters. The maximum absolute atomic E-state index is 12.9. The van der Waals surface area contributed by atoms with Gasteiger partial charge in [0.05, 0.1) is 31.8 Å². The van der Waals surface area contributed by atoms with Crippen LogP contribution in [0.3, 0.4) is 0 Å². The summed E-state index contributed by atoms with van der Waals surface area (Å²) in [7, 11) is 0. The van der Waals surface area contributed by atoms with E-state index >= 15 is 0 Å². The number of nitro groups is 1. The number of nitro benzene ring substituents is 1. The number of nitrogens with zero attached hydrogens (tertiary/aromatic N) is 2. The predicted octanol–water partition coefficient (Wildman–Crippen LogP) is 2.71. The molecule has 1 amide bonds. The quantitative estimate of drug-likeness (QED) is 0.342. The van der Waals surface area contributed by atoms with Gasteiger partial charge < -0.3 is 10.1 Å². The molecular formula is C16H12BrN3O5S. The maximum Gasteiger partial charge on any atom is 0.310 e. The number of rotatable bonds is 3. The van der Waals surface area contributed by atoms with Gasteiger partial charge in [0.15, 0.2) is 5.13 Å². The van der Waals surface area contributed by atoms with E-state index in [1.54, 1.807) is 6.07 Å². The highest BCUT2D eigenvalue weighted by Crippen LogP contribution is 2.60. The van der Waals surface area contributed by atoms with Crippen LogP contribution in [0, 0.1) is 33.8 Å². The number of amides is 1. The second kappa shape index (κ2) is 5.46. The number of benzene rings is 1. The van der Waals surface area contributed by atoms with E-state index in [0.717, 1.165) is 6.42 Å². The third-order valence-electron chi connectivity index (χ3n) is 5.64. The molecular weight excluding hydrogens is 426 g/mol. The molecule has 2 aromatic rings. The lowest BCUT2D eigenvalue weighted by Crippen LogP contribution is -2.40. The number of carbonyl (C=O) groups excluding carboxylic acids is 2. The number of nitrogens with one attached hydrogen (secondary N) is 1. The topological polar surface area (TPSA) is 111 Å². The Hall–Kier alpha value is -2.07. The van der Waals surface area contributed by atoms with E-state index in [1.807, 2.05) is 0 Å². The number of anilines is 1. The molecule has 2 saturated carbocycles. The second-order valence-corrected chi connectivity index (χ2v) is 8.97. The highest BCUT2D eigenvalue weighted by Gasteiger charge is 2.67. The summed E-state index contributed by atoms with van der Waals surface area (Å²) >= 11 is 4.77. The predicted molar refractivity (Wildman–Crippen MR) is 96.1 cm³/mol. The minimum Gasteiger partial charge on any atom is -0.461 e. The number of hydrogen-bond donors (Lipinski definition) is 1. The molecule has 3 aliphatic rings. The number of hydrogen-bond acceptors (Lipinski definition) is 7. The van der Waals surface area contributed by atoms with Crippen LogP contribution in [0.25, 0.3) is 10.2 Å². The van der Waals surface area contributed by atoms with Crippen molar-refractivity contribution in [3.63, 3.8) is 0 Å². The third kappa shape index (κ3) is 2.14. The lowest BCUT2D eigenvalue weighted by molar-refractivity contribution is -0.384. The van der Waals surface area contributed by atoms with Crippen molar-refractivity contribution < 1.29 is 19.2 Å². The first-order valence-corrected chi connectivity index (χ1v) is 9.87. The summed E-state index contributed by atoms with van der Waals surface area (Å²) in [5.41, 5.74) is 0.566. The van der Waals surface area contributed by atoms with E-state index in [4.69, 9.17) is 4.74 Å². The van der Waals surface area contributed by atoms with Gasteiger partial charge in [-0.3, -0.25) is 19.7 Å². The van der Waals surface area contributed by atoms with Gasteiger partial charge in [-0.25, -0.2) is 4.98 Å². The molecule has 0 spiro atoms. The minimum atomic E-state index is -0.467. The molecule has 26 heavy (non-hydrogen) atoms. The summed E-state index contributed by atoms with van der Waals surface area (Å²) in [6.07, 6.45) is 0.686. The molecule has 5 rings (SSSR count). The normalized spacial score (nSPS) is 34.3. The van der Waals surface area contributed by atoms with E-state index < -0.39 is 10.8 Å². The molecule has 10 heteroatoms. The fraction of sp³-hybridized carbons (Fsp3) is 0.438. The van der Waals surface area contributed by atoms with Crippen molar-refractivity contribution in [2.24, 2.45) is 23.7 Å². The van der Waals surface area contributed by atoms with Gasteiger partial charge in [0, 0.05) is 18.1 Å². The van der Waals surface area contributed by atoms with Crippen molar-refractivity contribution in [3.05, 3.63) is 28.3 Å². The maximum atomic E-state index is 12.9. The van der Waals surface area contributed by atoms with E-state index in [1.165, 1.54) is 23.5 Å². The van der Waals surface area contributed by atoms with Gasteiger partial charge in [-0.05, 0) is 18.4 Å². The van der Waals surface area contributed by atoms with Crippen LogP contribution in [0.15, 0.2) is 18.2 Å². The van der Waals surface area contributed by atoms with Gasteiger partial charge in [-0.15, -0.1) is 0 Å². The molecule has 8 nitrogen and oxygen atoms in total. The van der Waals surface area contributed by atoms with Crippen LogP contribution < -0.4 is 5.32 Å². The number of non-ortho nitro benzene ring substituents is 1. The zero-order valence-corrected chi connectivity index (χ0v) is 15.5. The van der Waals surface area contributed by atoms with Crippen molar-refractivity contribution in [2.75, 3.05) is 5.32 Å². The lowest BCUT2D eigenvalue weighted by atomic mass is 9.79. The average molecular weight is 438 g/mol. The first kappa shape index (κ1) is 16.1. The third-order valence-corrected chi connectivity index (χ3v) is 7.77. The number of thiazole rings is 1. The van der Waals surface area contributed by atoms with E-state index in [2.05, 4.69) is 26.2 Å². The molecule has 2 aliphatic carbocycles. The number of halogens is 1. The molecule has 2 heterocycles. The highest BCUT2D eigenvalue weighted by atomic mass is 79.9. The van der Waals surface area contributed by atoms with Crippen LogP contribution in [0.2, 0.25) is 0 Å². The van der Waals surface area contributed by atoms with Gasteiger partial charge in [0.25, 0.3) is 5.69 Å². The van der Waals surface area contributed by atoms with Gasteiger partial charge in [-0.2, -0.15) is 0 Å². The number of carbonyl (C=O) groups is 2. The molecule has 2 bridgehead atoms. The molecule has 0 unspecified atom stereocenters. The first-order valence-electron chi connectivity index (χ1n) is 8.14. The van der Waals surface area contributed by atoms with Crippen molar-refractivity contribution in [3.8, 4) is 0 Å². The smallest absolute Gasteiger partial charge is 0.310 e. The van der Waals surface area contributed by atoms with Crippen LogP contribution in [0.5, 0.6) is 0 Å². The minimum absolute atomic E-state index is 0.00367. The molecule has 1 N–H and O–H groups in total. The molecule has 134 valence electrons. The summed E-state index contributed by atoms with van der Waals surface area (Å²) in [6, 6.07) is 4.38. The van der Waals surface area contributed by atoms with Crippen LogP contribution >= 0.6 is 27.3 Å². The average Bonchev–Trinajstić information content (AvgIpc) is 3.29. The number of fused-ring (bicyclic) bond motifs is 2. The molecule has 0 radical (unpaired) electrons. The van der Waals surface area contributed by atoms with Crippen LogP contribution in [-0.4, -0.2) is 32.7 Å². The first-order chi connectivity index (χ1) is 12.4. The summed E-state index contributed by atoms with van der Waals surface area (Å²) in [4.78, 5) is 39.7.